The second-order valence-corrected chi connectivity index (χ2v) is 8.28. The molecular weight excluding hydrogens is 430 g/mol. The van der Waals surface area contributed by atoms with Crippen molar-refractivity contribution in [3.63, 3.8) is 0 Å². The van der Waals surface area contributed by atoms with Crippen LogP contribution in [0.15, 0.2) is 32.2 Å². The Hall–Kier alpha value is -1.80. The van der Waals surface area contributed by atoms with Crippen LogP contribution >= 0.6 is 27.7 Å². The van der Waals surface area contributed by atoms with Gasteiger partial charge in [0.1, 0.15) is 11.4 Å². The van der Waals surface area contributed by atoms with Crippen LogP contribution in [-0.4, -0.2) is 27.3 Å². The van der Waals surface area contributed by atoms with Crippen LogP contribution in [0.5, 0.6) is 0 Å². The van der Waals surface area contributed by atoms with Gasteiger partial charge in [0.2, 0.25) is 5.76 Å². The summed E-state index contributed by atoms with van der Waals surface area (Å²) in [5.74, 6) is 2.01. The number of halogens is 1. The van der Waals surface area contributed by atoms with E-state index in [1.165, 1.54) is 12.8 Å². The Bertz CT molecular complexity index is 994. The molecule has 6 nitrogen and oxygen atoms in total. The van der Waals surface area contributed by atoms with Crippen LogP contribution in [0.1, 0.15) is 54.5 Å². The minimum Gasteiger partial charge on any atom is -0.460 e. The first-order valence-electron chi connectivity index (χ1n) is 9.06. The van der Waals surface area contributed by atoms with Crippen molar-refractivity contribution in [3.8, 4) is 0 Å². The zero-order valence-electron chi connectivity index (χ0n) is 15.2. The average molecular weight is 450 g/mol. The zero-order chi connectivity index (χ0) is 19.0. The van der Waals surface area contributed by atoms with Crippen LogP contribution in [-0.2, 0) is 17.0 Å². The topological polar surface area (TPSA) is 70.2 Å². The minimum atomic E-state index is -0.434. The van der Waals surface area contributed by atoms with Crippen LogP contribution < -0.4 is 0 Å². The quantitative estimate of drug-likeness (QED) is 0.366. The number of carbonyl (C=O) groups is 1. The first-order chi connectivity index (χ1) is 13.1. The molecule has 0 atom stereocenters. The van der Waals surface area contributed by atoms with E-state index in [9.17, 15) is 4.79 Å². The molecule has 0 amide bonds. The first kappa shape index (κ1) is 18.6. The molecule has 0 saturated heterocycles. The molecule has 0 spiro atoms. The van der Waals surface area contributed by atoms with Gasteiger partial charge in [0.15, 0.2) is 5.16 Å². The molecule has 2 aromatic heterocycles. The normalized spacial score (nSPS) is 14.0. The van der Waals surface area contributed by atoms with Gasteiger partial charge >= 0.3 is 5.97 Å². The van der Waals surface area contributed by atoms with Gasteiger partial charge in [-0.1, -0.05) is 27.7 Å². The molecule has 0 unspecified atom stereocenters. The van der Waals surface area contributed by atoms with E-state index in [2.05, 4.69) is 37.6 Å². The van der Waals surface area contributed by atoms with Crippen LogP contribution in [0.25, 0.3) is 11.0 Å². The SMILES string of the molecule is CCOC(=O)c1oc2ccc(Br)cc2c1CSc1nnc(C2CC2)n1CC. The van der Waals surface area contributed by atoms with Gasteiger partial charge in [-0.25, -0.2) is 4.79 Å². The highest BCUT2D eigenvalue weighted by Gasteiger charge is 2.30. The fourth-order valence-electron chi connectivity index (χ4n) is 3.11. The molecule has 1 aliphatic rings. The van der Waals surface area contributed by atoms with Crippen molar-refractivity contribution in [1.29, 1.82) is 0 Å². The molecule has 0 bridgehead atoms. The standard InChI is InChI=1S/C19H20BrN3O3S/c1-3-23-17(11-5-6-11)21-22-19(23)27-10-14-13-9-12(20)7-8-15(13)26-16(14)18(24)25-4-2/h7-9,11H,3-6,10H2,1-2H3. The maximum absolute atomic E-state index is 12.4. The highest BCUT2D eigenvalue weighted by molar-refractivity contribution is 9.10. The summed E-state index contributed by atoms with van der Waals surface area (Å²) in [7, 11) is 0. The number of benzene rings is 1. The van der Waals surface area contributed by atoms with E-state index in [0.717, 1.165) is 32.9 Å². The number of fused-ring (bicyclic) bond motifs is 1. The van der Waals surface area contributed by atoms with Gasteiger partial charge in [0.05, 0.1) is 6.61 Å². The molecule has 1 aliphatic carbocycles. The van der Waals surface area contributed by atoms with Gasteiger partial charge < -0.3 is 13.7 Å². The Balaban J connectivity index is 1.67. The Morgan fingerprint density at radius 3 is 2.89 bits per heavy atom. The highest BCUT2D eigenvalue weighted by atomic mass is 79.9. The second kappa shape index (κ2) is 7.67. The van der Waals surface area contributed by atoms with Crippen molar-refractivity contribution in [2.45, 2.75) is 50.1 Å². The Labute approximate surface area is 169 Å². The van der Waals surface area contributed by atoms with E-state index in [1.807, 2.05) is 18.2 Å². The zero-order valence-corrected chi connectivity index (χ0v) is 17.6. The molecular formula is C19H20BrN3O3S. The van der Waals surface area contributed by atoms with Crippen molar-refractivity contribution >= 4 is 44.6 Å². The monoisotopic (exact) mass is 449 g/mol. The van der Waals surface area contributed by atoms with Crippen molar-refractivity contribution < 1.29 is 13.9 Å². The van der Waals surface area contributed by atoms with Gasteiger partial charge in [-0.05, 0) is 44.9 Å². The van der Waals surface area contributed by atoms with E-state index in [0.29, 0.717) is 23.9 Å². The molecule has 8 heteroatoms. The van der Waals surface area contributed by atoms with Gasteiger partial charge in [-0.15, -0.1) is 10.2 Å². The lowest BCUT2D eigenvalue weighted by molar-refractivity contribution is 0.0491. The van der Waals surface area contributed by atoms with E-state index in [4.69, 9.17) is 9.15 Å². The molecule has 142 valence electrons. The summed E-state index contributed by atoms with van der Waals surface area (Å²) in [6.45, 7) is 5.03. The predicted octanol–water partition coefficient (Wildman–Crippen LogP) is 5.15. The number of carbonyl (C=O) groups excluding carboxylic acids is 1. The molecule has 0 aliphatic heterocycles. The fourth-order valence-corrected chi connectivity index (χ4v) is 4.51. The summed E-state index contributed by atoms with van der Waals surface area (Å²) < 4.78 is 14.1. The number of hydrogen-bond acceptors (Lipinski definition) is 6. The van der Waals surface area contributed by atoms with Crippen LogP contribution in [0.3, 0.4) is 0 Å². The molecule has 3 aromatic rings. The third kappa shape index (κ3) is 3.65. The molecule has 4 rings (SSSR count). The lowest BCUT2D eigenvalue weighted by atomic mass is 10.1. The smallest absolute Gasteiger partial charge is 0.374 e. The Kier molecular flexibility index (Phi) is 5.27. The summed E-state index contributed by atoms with van der Waals surface area (Å²) in [4.78, 5) is 12.4. The minimum absolute atomic E-state index is 0.266. The largest absolute Gasteiger partial charge is 0.460 e. The summed E-state index contributed by atoms with van der Waals surface area (Å²) in [6, 6.07) is 5.72. The Morgan fingerprint density at radius 1 is 1.37 bits per heavy atom. The molecule has 1 aromatic carbocycles. The van der Waals surface area contributed by atoms with Gasteiger partial charge in [-0.2, -0.15) is 0 Å². The summed E-state index contributed by atoms with van der Waals surface area (Å²) in [5.41, 5.74) is 1.50. The number of rotatable bonds is 7. The number of nitrogens with zero attached hydrogens (tertiary/aromatic N) is 3. The predicted molar refractivity (Wildman–Crippen MR) is 107 cm³/mol. The average Bonchev–Trinajstić information content (AvgIpc) is 3.32. The van der Waals surface area contributed by atoms with E-state index in [-0.39, 0.29) is 5.76 Å². The van der Waals surface area contributed by atoms with E-state index < -0.39 is 5.97 Å². The lowest BCUT2D eigenvalue weighted by Crippen LogP contribution is -2.06. The van der Waals surface area contributed by atoms with Crippen molar-refractivity contribution in [3.05, 3.63) is 39.8 Å². The molecule has 0 radical (unpaired) electrons. The summed E-state index contributed by atoms with van der Waals surface area (Å²) in [5, 5.41) is 10.5. The van der Waals surface area contributed by atoms with Crippen LogP contribution in [0.2, 0.25) is 0 Å². The van der Waals surface area contributed by atoms with Crippen molar-refractivity contribution in [2.24, 2.45) is 0 Å². The number of aromatic nitrogens is 3. The van der Waals surface area contributed by atoms with Gasteiger partial charge in [-0.3, -0.25) is 0 Å². The number of thioether (sulfide) groups is 1. The van der Waals surface area contributed by atoms with Gasteiger partial charge in [0.25, 0.3) is 0 Å². The van der Waals surface area contributed by atoms with Crippen LogP contribution in [0, 0.1) is 0 Å². The van der Waals surface area contributed by atoms with E-state index in [1.54, 1.807) is 18.7 Å². The lowest BCUT2D eigenvalue weighted by Gasteiger charge is -2.07. The number of furan rings is 1. The number of hydrogen-bond donors (Lipinski definition) is 0. The third-order valence-corrected chi connectivity index (χ3v) is 6.05. The third-order valence-electron chi connectivity index (χ3n) is 4.56. The summed E-state index contributed by atoms with van der Waals surface area (Å²) in [6.07, 6.45) is 2.38. The maximum Gasteiger partial charge on any atom is 0.374 e. The molecule has 2 heterocycles. The second-order valence-electron chi connectivity index (χ2n) is 6.42. The molecule has 27 heavy (non-hydrogen) atoms. The molecule has 1 fully saturated rings. The first-order valence-corrected chi connectivity index (χ1v) is 10.8. The number of ether oxygens (including phenoxy) is 1. The maximum atomic E-state index is 12.4. The molecule has 0 N–H and O–H groups in total. The molecule has 1 saturated carbocycles. The highest BCUT2D eigenvalue weighted by Crippen LogP contribution is 2.40. The van der Waals surface area contributed by atoms with E-state index >= 15 is 0 Å². The van der Waals surface area contributed by atoms with Crippen LogP contribution in [0.4, 0.5) is 0 Å². The summed E-state index contributed by atoms with van der Waals surface area (Å²) >= 11 is 5.07. The Morgan fingerprint density at radius 2 is 2.19 bits per heavy atom. The fraction of sp³-hybridized carbons (Fsp3) is 0.421. The van der Waals surface area contributed by atoms with Gasteiger partial charge in [0, 0.05) is 33.6 Å². The van der Waals surface area contributed by atoms with Crippen molar-refractivity contribution in [2.75, 3.05) is 6.61 Å². The number of esters is 1. The van der Waals surface area contributed by atoms with Crippen molar-refractivity contribution in [1.82, 2.24) is 14.8 Å².